The molecular formula is C25H18ClN3O4. The Morgan fingerprint density at radius 3 is 2.64 bits per heavy atom. The molecule has 0 radical (unpaired) electrons. The Bertz CT molecular complexity index is 1500. The smallest absolute Gasteiger partial charge is 0.266 e. The Balaban J connectivity index is 1.61. The molecule has 0 aliphatic rings. The van der Waals surface area contributed by atoms with Gasteiger partial charge in [0.2, 0.25) is 5.78 Å². The van der Waals surface area contributed by atoms with Gasteiger partial charge in [-0.15, -0.1) is 0 Å². The van der Waals surface area contributed by atoms with Gasteiger partial charge in [-0.1, -0.05) is 11.6 Å². The highest BCUT2D eigenvalue weighted by molar-refractivity contribution is 6.30. The molecule has 0 spiro atoms. The van der Waals surface area contributed by atoms with Gasteiger partial charge in [0, 0.05) is 34.3 Å². The predicted octanol–water partition coefficient (Wildman–Crippen LogP) is 5.26. The number of fused-ring (bicyclic) bond motifs is 2. The molecule has 164 valence electrons. The van der Waals surface area contributed by atoms with E-state index in [-0.39, 0.29) is 24.0 Å². The summed E-state index contributed by atoms with van der Waals surface area (Å²) in [4.78, 5) is 34.8. The Hall–Kier alpha value is -3.97. The average molecular weight is 460 g/mol. The number of pyridine rings is 1. The third kappa shape index (κ3) is 3.66. The van der Waals surface area contributed by atoms with E-state index in [2.05, 4.69) is 9.97 Å². The lowest BCUT2D eigenvalue weighted by molar-refractivity contribution is 0.0949. The van der Waals surface area contributed by atoms with Gasteiger partial charge in [0.25, 0.3) is 11.8 Å². The highest BCUT2D eigenvalue weighted by atomic mass is 35.5. The van der Waals surface area contributed by atoms with Crippen molar-refractivity contribution < 1.29 is 18.7 Å². The minimum Gasteiger partial charge on any atom is -0.497 e. The number of carbonyl (C=O) groups is 2. The van der Waals surface area contributed by atoms with E-state index in [1.165, 1.54) is 0 Å². The molecule has 3 aromatic heterocycles. The largest absolute Gasteiger partial charge is 0.497 e. The molecule has 3 heterocycles. The second-order valence-electron chi connectivity index (χ2n) is 7.54. The second kappa shape index (κ2) is 8.18. The molecule has 0 unspecified atom stereocenters. The summed E-state index contributed by atoms with van der Waals surface area (Å²) in [7, 11) is 1.57. The minimum atomic E-state index is -0.308. The van der Waals surface area contributed by atoms with Crippen molar-refractivity contribution in [2.45, 2.75) is 13.3 Å². The van der Waals surface area contributed by atoms with Crippen molar-refractivity contribution in [1.82, 2.24) is 14.5 Å². The molecule has 8 heteroatoms. The van der Waals surface area contributed by atoms with Crippen molar-refractivity contribution in [3.05, 3.63) is 88.5 Å². The maximum Gasteiger partial charge on any atom is 0.266 e. The second-order valence-corrected chi connectivity index (χ2v) is 7.98. The Kier molecular flexibility index (Phi) is 5.18. The lowest BCUT2D eigenvalue weighted by Crippen LogP contribution is -2.14. The lowest BCUT2D eigenvalue weighted by Gasteiger charge is -2.08. The number of ketones is 1. The van der Waals surface area contributed by atoms with Gasteiger partial charge in [0.1, 0.15) is 5.75 Å². The summed E-state index contributed by atoms with van der Waals surface area (Å²) in [5.41, 5.74) is 3.33. The Labute approximate surface area is 193 Å². The van der Waals surface area contributed by atoms with Crippen molar-refractivity contribution in [1.29, 1.82) is 0 Å². The average Bonchev–Trinajstić information content (AvgIpc) is 3.38. The number of halogens is 1. The van der Waals surface area contributed by atoms with Crippen LogP contribution in [-0.2, 0) is 6.42 Å². The zero-order chi connectivity index (χ0) is 23.1. The number of Topliss-reactive ketones (excluding diaryl/α,β-unsaturated/α-hetero) is 1. The number of oxazole rings is 1. The zero-order valence-corrected chi connectivity index (χ0v) is 18.6. The number of carbonyl (C=O) groups excluding carboxylic acids is 2. The summed E-state index contributed by atoms with van der Waals surface area (Å²) >= 11 is 5.98. The zero-order valence-electron chi connectivity index (χ0n) is 17.8. The van der Waals surface area contributed by atoms with E-state index in [1.54, 1.807) is 60.3 Å². The summed E-state index contributed by atoms with van der Waals surface area (Å²) in [5, 5.41) is 1.29. The molecule has 2 aromatic carbocycles. The highest BCUT2D eigenvalue weighted by Gasteiger charge is 2.24. The maximum absolute atomic E-state index is 13.4. The molecule has 33 heavy (non-hydrogen) atoms. The van der Waals surface area contributed by atoms with Crippen LogP contribution in [0.5, 0.6) is 5.75 Å². The molecule has 0 N–H and O–H groups in total. The molecule has 0 fully saturated rings. The number of methoxy groups -OCH3 is 1. The van der Waals surface area contributed by atoms with Crippen LogP contribution in [-0.4, -0.2) is 33.3 Å². The summed E-state index contributed by atoms with van der Waals surface area (Å²) in [6.07, 6.45) is 1.59. The van der Waals surface area contributed by atoms with Gasteiger partial charge in [0.15, 0.2) is 11.2 Å². The number of benzene rings is 2. The van der Waals surface area contributed by atoms with Crippen molar-refractivity contribution in [3.8, 4) is 5.75 Å². The van der Waals surface area contributed by atoms with Crippen molar-refractivity contribution in [3.63, 3.8) is 0 Å². The number of hydrogen-bond acceptors (Lipinski definition) is 6. The van der Waals surface area contributed by atoms with Gasteiger partial charge in [0.05, 0.1) is 12.6 Å². The van der Waals surface area contributed by atoms with E-state index in [9.17, 15) is 9.59 Å². The van der Waals surface area contributed by atoms with E-state index in [0.717, 1.165) is 5.39 Å². The highest BCUT2D eigenvalue weighted by Crippen LogP contribution is 2.31. The fourth-order valence-corrected chi connectivity index (χ4v) is 4.05. The van der Waals surface area contributed by atoms with Crippen molar-refractivity contribution >= 4 is 45.4 Å². The maximum atomic E-state index is 13.4. The quantitative estimate of drug-likeness (QED) is 0.333. The van der Waals surface area contributed by atoms with E-state index >= 15 is 0 Å². The van der Waals surface area contributed by atoms with E-state index in [0.29, 0.717) is 44.3 Å². The van der Waals surface area contributed by atoms with Crippen molar-refractivity contribution in [2.24, 2.45) is 0 Å². The molecule has 0 bridgehead atoms. The fraction of sp³-hybridized carbons (Fsp3) is 0.120. The molecule has 5 rings (SSSR count). The SMILES string of the molecule is COc1ccc2c(c1)c(CC(=O)c1nc3ncccc3o1)c(C)n2C(=O)c1ccc(Cl)cc1. The van der Waals surface area contributed by atoms with Crippen LogP contribution in [0.1, 0.15) is 32.3 Å². The third-order valence-corrected chi connectivity index (χ3v) is 5.83. The lowest BCUT2D eigenvalue weighted by atomic mass is 10.0. The van der Waals surface area contributed by atoms with Crippen LogP contribution in [0, 0.1) is 6.92 Å². The Morgan fingerprint density at radius 2 is 1.91 bits per heavy atom. The minimum absolute atomic E-state index is 0.00320. The molecular weight excluding hydrogens is 442 g/mol. The molecule has 0 saturated carbocycles. The van der Waals surface area contributed by atoms with Gasteiger partial charge >= 0.3 is 0 Å². The summed E-state index contributed by atoms with van der Waals surface area (Å²) in [6, 6.07) is 15.5. The van der Waals surface area contributed by atoms with Gasteiger partial charge in [-0.25, -0.2) is 4.98 Å². The Morgan fingerprint density at radius 1 is 1.12 bits per heavy atom. The fourth-order valence-electron chi connectivity index (χ4n) is 3.92. The first-order chi connectivity index (χ1) is 16.0. The van der Waals surface area contributed by atoms with Gasteiger partial charge in [-0.2, -0.15) is 4.98 Å². The van der Waals surface area contributed by atoms with E-state index in [1.807, 2.05) is 19.1 Å². The van der Waals surface area contributed by atoms with Crippen LogP contribution < -0.4 is 4.74 Å². The number of nitrogens with zero attached hydrogens (tertiary/aromatic N) is 3. The standard InChI is InChI=1S/C25H18ClN3O4/c1-14-18(13-21(30)24-28-23-22(33-24)4-3-11-27-23)19-12-17(32-2)9-10-20(19)29(14)25(31)15-5-7-16(26)8-6-15/h3-12H,13H2,1-2H3. The number of ether oxygens (including phenoxy) is 1. The van der Waals surface area contributed by atoms with Gasteiger partial charge in [-0.05, 0) is 67.1 Å². The van der Waals surface area contributed by atoms with Crippen molar-refractivity contribution in [2.75, 3.05) is 7.11 Å². The van der Waals surface area contributed by atoms with Crippen LogP contribution in [0.15, 0.2) is 65.2 Å². The third-order valence-electron chi connectivity index (χ3n) is 5.58. The molecule has 0 aliphatic heterocycles. The first kappa shape index (κ1) is 20.9. The molecule has 7 nitrogen and oxygen atoms in total. The normalized spacial score (nSPS) is 11.2. The predicted molar refractivity (Wildman–Crippen MR) is 124 cm³/mol. The topological polar surface area (TPSA) is 87.2 Å². The summed E-state index contributed by atoms with van der Waals surface area (Å²) < 4.78 is 12.6. The monoisotopic (exact) mass is 459 g/mol. The summed E-state index contributed by atoms with van der Waals surface area (Å²) in [6.45, 7) is 1.82. The van der Waals surface area contributed by atoms with Crippen LogP contribution in [0.2, 0.25) is 5.02 Å². The van der Waals surface area contributed by atoms with Gasteiger partial charge < -0.3 is 9.15 Å². The molecule has 5 aromatic rings. The van der Waals surface area contributed by atoms with E-state index in [4.69, 9.17) is 20.8 Å². The van der Waals surface area contributed by atoms with Crippen LogP contribution >= 0.6 is 11.6 Å². The first-order valence-electron chi connectivity index (χ1n) is 10.2. The molecule has 0 amide bonds. The summed E-state index contributed by atoms with van der Waals surface area (Å²) in [5.74, 6) is 0.0790. The number of aromatic nitrogens is 3. The molecule has 0 atom stereocenters. The van der Waals surface area contributed by atoms with Crippen LogP contribution in [0.4, 0.5) is 0 Å². The van der Waals surface area contributed by atoms with Crippen LogP contribution in [0.3, 0.4) is 0 Å². The first-order valence-corrected chi connectivity index (χ1v) is 10.6. The molecule has 0 aliphatic carbocycles. The van der Waals surface area contributed by atoms with E-state index < -0.39 is 0 Å². The number of hydrogen-bond donors (Lipinski definition) is 0. The van der Waals surface area contributed by atoms with Gasteiger partial charge in [-0.3, -0.25) is 14.2 Å². The molecule has 0 saturated heterocycles. The van der Waals surface area contributed by atoms with Crippen LogP contribution in [0.25, 0.3) is 22.1 Å². The number of rotatable bonds is 5.